The first-order valence-electron chi connectivity index (χ1n) is 8.24. The molecule has 1 amide bonds. The normalized spacial score (nSPS) is 16.2. The van der Waals surface area contributed by atoms with Crippen molar-refractivity contribution in [2.24, 2.45) is 0 Å². The van der Waals surface area contributed by atoms with E-state index >= 15 is 0 Å². The summed E-state index contributed by atoms with van der Waals surface area (Å²) in [6.45, 7) is 6.70. The van der Waals surface area contributed by atoms with E-state index in [9.17, 15) is 9.59 Å². The largest absolute Gasteiger partial charge is 0.378 e. The van der Waals surface area contributed by atoms with E-state index in [1.54, 1.807) is 4.57 Å². The van der Waals surface area contributed by atoms with Gasteiger partial charge in [0.2, 0.25) is 5.91 Å². The molecule has 1 aromatic carbocycles. The van der Waals surface area contributed by atoms with Crippen molar-refractivity contribution in [3.63, 3.8) is 0 Å². The van der Waals surface area contributed by atoms with Crippen LogP contribution in [0.1, 0.15) is 13.8 Å². The Kier molecular flexibility index (Phi) is 6.00. The van der Waals surface area contributed by atoms with Gasteiger partial charge < -0.3 is 9.64 Å². The minimum Gasteiger partial charge on any atom is -0.378 e. The third kappa shape index (κ3) is 4.01. The van der Waals surface area contributed by atoms with Gasteiger partial charge in [0.1, 0.15) is 0 Å². The maximum atomic E-state index is 12.8. The summed E-state index contributed by atoms with van der Waals surface area (Å²) in [6.07, 6.45) is 0. The molecule has 25 heavy (non-hydrogen) atoms. The predicted octanol–water partition coefficient (Wildman–Crippen LogP) is 2.36. The number of hydrogen-bond donors (Lipinski definition) is 0. The Labute approximate surface area is 164 Å². The van der Waals surface area contributed by atoms with Crippen LogP contribution < -0.4 is 5.56 Å². The van der Waals surface area contributed by atoms with Crippen molar-refractivity contribution >= 4 is 51.2 Å². The minimum absolute atomic E-state index is 0.0560. The molecule has 8 heteroatoms. The van der Waals surface area contributed by atoms with Crippen LogP contribution in [-0.2, 0) is 16.1 Å². The smallest absolute Gasteiger partial charge is 0.262 e. The molecule has 1 aliphatic heterocycles. The molecule has 1 saturated heterocycles. The monoisotopic (exact) mass is 473 g/mol. The van der Waals surface area contributed by atoms with Crippen molar-refractivity contribution < 1.29 is 9.53 Å². The van der Waals surface area contributed by atoms with E-state index in [0.29, 0.717) is 48.9 Å². The lowest BCUT2D eigenvalue weighted by Gasteiger charge is -2.29. The van der Waals surface area contributed by atoms with Crippen molar-refractivity contribution in [3.05, 3.63) is 32.1 Å². The lowest BCUT2D eigenvalue weighted by molar-refractivity contribution is -0.134. The van der Waals surface area contributed by atoms with Gasteiger partial charge >= 0.3 is 0 Å². The molecule has 2 aromatic rings. The number of carbonyl (C=O) groups is 1. The molecule has 0 spiro atoms. The molecule has 134 valence electrons. The summed E-state index contributed by atoms with van der Waals surface area (Å²) in [4.78, 5) is 31.9. The van der Waals surface area contributed by atoms with Gasteiger partial charge in [0.15, 0.2) is 5.16 Å². The number of nitrogens with zero attached hydrogens (tertiary/aromatic N) is 3. The summed E-state index contributed by atoms with van der Waals surface area (Å²) in [5.41, 5.74) is 0.614. The fourth-order valence-corrected chi connectivity index (χ4v) is 4.34. The van der Waals surface area contributed by atoms with Gasteiger partial charge in [0.25, 0.3) is 5.56 Å². The molecule has 1 aliphatic rings. The van der Waals surface area contributed by atoms with Crippen LogP contribution in [0.25, 0.3) is 10.9 Å². The Morgan fingerprint density at radius 3 is 2.80 bits per heavy atom. The molecule has 0 aliphatic carbocycles. The molecular weight excluding hydrogens is 453 g/mol. The topological polar surface area (TPSA) is 64.4 Å². The van der Waals surface area contributed by atoms with Gasteiger partial charge in [-0.3, -0.25) is 14.2 Å². The highest BCUT2D eigenvalue weighted by molar-refractivity contribution is 14.1. The molecule has 0 bridgehead atoms. The van der Waals surface area contributed by atoms with Crippen LogP contribution in [0.2, 0.25) is 0 Å². The molecule has 1 fully saturated rings. The number of hydrogen-bond acceptors (Lipinski definition) is 5. The van der Waals surface area contributed by atoms with Gasteiger partial charge in [0.05, 0.1) is 29.4 Å². The molecule has 0 saturated carbocycles. The second-order valence-electron chi connectivity index (χ2n) is 5.80. The SMILES string of the molecule is CCn1c(SC(C)C(=O)N2CCOCC2)nc2ccc(I)cc2c1=O. The average Bonchev–Trinajstić information content (AvgIpc) is 2.63. The van der Waals surface area contributed by atoms with Crippen molar-refractivity contribution in [2.45, 2.75) is 30.8 Å². The van der Waals surface area contributed by atoms with Crippen LogP contribution in [0.3, 0.4) is 0 Å². The number of benzene rings is 1. The van der Waals surface area contributed by atoms with Crippen LogP contribution in [-0.4, -0.2) is 51.9 Å². The highest BCUT2D eigenvalue weighted by Gasteiger charge is 2.25. The minimum atomic E-state index is -0.302. The highest BCUT2D eigenvalue weighted by Crippen LogP contribution is 2.24. The standard InChI is InChI=1S/C17H20IN3O3S/c1-3-21-16(23)13-10-12(18)4-5-14(13)19-17(21)25-11(2)15(22)20-6-8-24-9-7-20/h4-5,10-11H,3,6-9H2,1-2H3. The van der Waals surface area contributed by atoms with Gasteiger partial charge in [-0.2, -0.15) is 0 Å². The number of amides is 1. The van der Waals surface area contributed by atoms with Crippen LogP contribution in [0, 0.1) is 3.57 Å². The maximum Gasteiger partial charge on any atom is 0.262 e. The first-order valence-corrected chi connectivity index (χ1v) is 10.2. The lowest BCUT2D eigenvalue weighted by Crippen LogP contribution is -2.44. The van der Waals surface area contributed by atoms with Crippen molar-refractivity contribution in [1.29, 1.82) is 0 Å². The van der Waals surface area contributed by atoms with E-state index in [0.717, 1.165) is 3.57 Å². The Morgan fingerprint density at radius 1 is 1.40 bits per heavy atom. The van der Waals surface area contributed by atoms with Crippen molar-refractivity contribution in [3.8, 4) is 0 Å². The number of fused-ring (bicyclic) bond motifs is 1. The van der Waals surface area contributed by atoms with Gasteiger partial charge in [-0.15, -0.1) is 0 Å². The summed E-state index contributed by atoms with van der Waals surface area (Å²) in [7, 11) is 0. The van der Waals surface area contributed by atoms with Crippen molar-refractivity contribution in [1.82, 2.24) is 14.5 Å². The molecule has 0 N–H and O–H groups in total. The Balaban J connectivity index is 1.91. The number of thioether (sulfide) groups is 1. The van der Waals surface area contributed by atoms with E-state index in [4.69, 9.17) is 4.74 Å². The number of halogens is 1. The van der Waals surface area contributed by atoms with Crippen LogP contribution >= 0.6 is 34.4 Å². The van der Waals surface area contributed by atoms with Gasteiger partial charge in [0, 0.05) is 23.2 Å². The third-order valence-corrected chi connectivity index (χ3v) is 5.90. The third-order valence-electron chi connectivity index (χ3n) is 4.15. The van der Waals surface area contributed by atoms with Crippen LogP contribution in [0.5, 0.6) is 0 Å². The molecule has 2 heterocycles. The van der Waals surface area contributed by atoms with Gasteiger partial charge in [-0.25, -0.2) is 4.98 Å². The van der Waals surface area contributed by atoms with Gasteiger partial charge in [-0.05, 0) is 54.6 Å². The average molecular weight is 473 g/mol. The second-order valence-corrected chi connectivity index (χ2v) is 8.36. The number of aromatic nitrogens is 2. The molecule has 1 atom stereocenters. The van der Waals surface area contributed by atoms with Crippen LogP contribution in [0.4, 0.5) is 0 Å². The summed E-state index contributed by atoms with van der Waals surface area (Å²) in [6, 6.07) is 5.65. The quantitative estimate of drug-likeness (QED) is 0.388. The predicted molar refractivity (Wildman–Crippen MR) is 107 cm³/mol. The number of carbonyl (C=O) groups excluding carboxylic acids is 1. The number of rotatable bonds is 4. The fraction of sp³-hybridized carbons (Fsp3) is 0.471. The first-order chi connectivity index (χ1) is 12.0. The maximum absolute atomic E-state index is 12.8. The number of ether oxygens (including phenoxy) is 1. The molecule has 3 rings (SSSR count). The fourth-order valence-electron chi connectivity index (χ4n) is 2.79. The van der Waals surface area contributed by atoms with Gasteiger partial charge in [-0.1, -0.05) is 11.8 Å². The second kappa shape index (κ2) is 8.05. The van der Waals surface area contributed by atoms with E-state index in [1.807, 2.05) is 36.9 Å². The molecule has 6 nitrogen and oxygen atoms in total. The zero-order valence-corrected chi connectivity index (χ0v) is 17.2. The molecular formula is C17H20IN3O3S. The zero-order chi connectivity index (χ0) is 18.0. The van der Waals surface area contributed by atoms with Crippen LogP contribution in [0.15, 0.2) is 28.2 Å². The summed E-state index contributed by atoms with van der Waals surface area (Å²) in [5, 5.41) is 0.907. The molecule has 1 unspecified atom stereocenters. The van der Waals surface area contributed by atoms with E-state index < -0.39 is 0 Å². The van der Waals surface area contributed by atoms with E-state index in [-0.39, 0.29) is 16.7 Å². The highest BCUT2D eigenvalue weighted by atomic mass is 127. The number of morpholine rings is 1. The van der Waals surface area contributed by atoms with E-state index in [1.165, 1.54) is 11.8 Å². The Bertz CT molecular complexity index is 849. The summed E-state index contributed by atoms with van der Waals surface area (Å²) < 4.78 is 7.95. The molecule has 0 radical (unpaired) electrons. The molecule has 1 aromatic heterocycles. The van der Waals surface area contributed by atoms with E-state index in [2.05, 4.69) is 27.6 Å². The zero-order valence-electron chi connectivity index (χ0n) is 14.2. The Morgan fingerprint density at radius 2 is 2.12 bits per heavy atom. The lowest BCUT2D eigenvalue weighted by atomic mass is 10.2. The first kappa shape index (κ1) is 18.7. The summed E-state index contributed by atoms with van der Waals surface area (Å²) >= 11 is 3.54. The summed E-state index contributed by atoms with van der Waals surface area (Å²) in [5.74, 6) is 0.0629. The van der Waals surface area contributed by atoms with Crippen molar-refractivity contribution in [2.75, 3.05) is 26.3 Å². The Hall–Kier alpha value is -1.13.